The van der Waals surface area contributed by atoms with Crippen LogP contribution < -0.4 is 5.32 Å². The van der Waals surface area contributed by atoms with Gasteiger partial charge in [0.2, 0.25) is 5.89 Å². The van der Waals surface area contributed by atoms with Crippen LogP contribution >= 0.6 is 11.3 Å². The first-order valence-electron chi connectivity index (χ1n) is 7.21. The summed E-state index contributed by atoms with van der Waals surface area (Å²) < 4.78 is 10.9. The lowest BCUT2D eigenvalue weighted by molar-refractivity contribution is 0.387. The van der Waals surface area contributed by atoms with E-state index in [9.17, 15) is 0 Å². The topological polar surface area (TPSA) is 77.0 Å². The van der Waals surface area contributed by atoms with Gasteiger partial charge in [0.15, 0.2) is 0 Å². The van der Waals surface area contributed by atoms with Gasteiger partial charge in [-0.1, -0.05) is 18.1 Å². The summed E-state index contributed by atoms with van der Waals surface area (Å²) in [4.78, 5) is 0.983. The van der Waals surface area contributed by atoms with E-state index < -0.39 is 0 Å². The molecule has 0 saturated carbocycles. The molecule has 0 spiro atoms. The van der Waals surface area contributed by atoms with E-state index in [2.05, 4.69) is 27.6 Å². The monoisotopic (exact) mass is 318 g/mol. The minimum absolute atomic E-state index is 0.156. The Kier molecular flexibility index (Phi) is 4.35. The molecule has 0 aliphatic rings. The number of nitrogens with zero attached hydrogens (tertiary/aromatic N) is 3. The first-order valence-corrected chi connectivity index (χ1v) is 8.09. The quantitative estimate of drug-likeness (QED) is 0.747. The number of aromatic nitrogens is 3. The molecule has 0 fully saturated rings. The predicted octanol–water partition coefficient (Wildman–Crippen LogP) is 3.64. The van der Waals surface area contributed by atoms with Gasteiger partial charge in [-0.15, -0.1) is 21.5 Å². The highest BCUT2D eigenvalue weighted by Gasteiger charge is 2.19. The zero-order valence-corrected chi connectivity index (χ0v) is 13.6. The molecule has 0 aliphatic carbocycles. The van der Waals surface area contributed by atoms with E-state index in [1.54, 1.807) is 11.3 Å². The van der Waals surface area contributed by atoms with Crippen molar-refractivity contribution in [2.24, 2.45) is 0 Å². The summed E-state index contributed by atoms with van der Waals surface area (Å²) in [5.74, 6) is 1.99. The second kappa shape index (κ2) is 6.41. The van der Waals surface area contributed by atoms with Gasteiger partial charge in [-0.2, -0.15) is 0 Å². The summed E-state index contributed by atoms with van der Waals surface area (Å²) in [6.07, 6.45) is 0.925. The summed E-state index contributed by atoms with van der Waals surface area (Å²) in [5.41, 5.74) is 2.03. The van der Waals surface area contributed by atoms with E-state index in [1.165, 1.54) is 0 Å². The van der Waals surface area contributed by atoms with Gasteiger partial charge in [-0.25, -0.2) is 0 Å². The van der Waals surface area contributed by atoms with Crippen LogP contribution in [0.2, 0.25) is 0 Å². The fourth-order valence-electron chi connectivity index (χ4n) is 2.47. The van der Waals surface area contributed by atoms with Crippen LogP contribution in [0, 0.1) is 13.8 Å². The molecule has 116 valence electrons. The minimum atomic E-state index is 0.156. The average Bonchev–Trinajstić information content (AvgIpc) is 3.23. The third-order valence-corrected chi connectivity index (χ3v) is 4.40. The van der Waals surface area contributed by atoms with Crippen LogP contribution in [0.25, 0.3) is 10.8 Å². The van der Waals surface area contributed by atoms with Crippen molar-refractivity contribution in [1.29, 1.82) is 0 Å². The Morgan fingerprint density at radius 1 is 1.32 bits per heavy atom. The molecule has 0 saturated heterocycles. The smallest absolute Gasteiger partial charge is 0.257 e. The van der Waals surface area contributed by atoms with Crippen LogP contribution in [-0.2, 0) is 6.54 Å². The van der Waals surface area contributed by atoms with Crippen LogP contribution in [0.3, 0.4) is 0 Å². The Morgan fingerprint density at radius 3 is 2.82 bits per heavy atom. The normalized spacial score (nSPS) is 12.7. The number of aryl methyl sites for hydroxylation is 2. The Hall–Kier alpha value is -1.99. The maximum atomic E-state index is 5.69. The van der Waals surface area contributed by atoms with E-state index in [1.807, 2.05) is 31.4 Å². The highest BCUT2D eigenvalue weighted by Crippen LogP contribution is 2.25. The minimum Gasteiger partial charge on any atom is -0.419 e. The van der Waals surface area contributed by atoms with Gasteiger partial charge >= 0.3 is 0 Å². The summed E-state index contributed by atoms with van der Waals surface area (Å²) in [5, 5.41) is 17.6. The maximum absolute atomic E-state index is 5.69. The Balaban J connectivity index is 1.69. The summed E-state index contributed by atoms with van der Waals surface area (Å²) >= 11 is 1.58. The summed E-state index contributed by atoms with van der Waals surface area (Å²) in [6.45, 7) is 6.52. The molecule has 22 heavy (non-hydrogen) atoms. The van der Waals surface area contributed by atoms with Gasteiger partial charge < -0.3 is 14.3 Å². The number of nitrogens with one attached hydrogen (secondary N) is 1. The van der Waals surface area contributed by atoms with Crippen LogP contribution in [0.1, 0.15) is 42.3 Å². The molecular formula is C15H18N4O2S. The average molecular weight is 318 g/mol. The summed E-state index contributed by atoms with van der Waals surface area (Å²) in [6, 6.07) is 4.09. The molecule has 7 heteroatoms. The van der Waals surface area contributed by atoms with E-state index >= 15 is 0 Å². The number of hydrogen-bond acceptors (Lipinski definition) is 7. The predicted molar refractivity (Wildman–Crippen MR) is 83.5 cm³/mol. The van der Waals surface area contributed by atoms with E-state index in [-0.39, 0.29) is 6.04 Å². The van der Waals surface area contributed by atoms with Crippen molar-refractivity contribution in [3.8, 4) is 10.8 Å². The van der Waals surface area contributed by atoms with Crippen molar-refractivity contribution in [1.82, 2.24) is 20.7 Å². The number of rotatable bonds is 6. The molecule has 1 atom stereocenters. The number of hydrogen-bond donors (Lipinski definition) is 1. The second-order valence-electron chi connectivity index (χ2n) is 5.06. The van der Waals surface area contributed by atoms with E-state index in [4.69, 9.17) is 8.94 Å². The van der Waals surface area contributed by atoms with Crippen molar-refractivity contribution >= 4 is 11.3 Å². The maximum Gasteiger partial charge on any atom is 0.257 e. The van der Waals surface area contributed by atoms with Crippen LogP contribution in [0.4, 0.5) is 0 Å². The molecule has 0 aromatic carbocycles. The molecule has 0 bridgehead atoms. The van der Waals surface area contributed by atoms with Crippen LogP contribution in [-0.4, -0.2) is 15.4 Å². The van der Waals surface area contributed by atoms with Gasteiger partial charge in [0.1, 0.15) is 5.76 Å². The molecule has 6 nitrogen and oxygen atoms in total. The largest absolute Gasteiger partial charge is 0.419 e. The third kappa shape index (κ3) is 2.95. The molecule has 0 aliphatic heterocycles. The van der Waals surface area contributed by atoms with E-state index in [0.717, 1.165) is 28.3 Å². The van der Waals surface area contributed by atoms with Crippen molar-refractivity contribution < 1.29 is 8.94 Å². The first-order chi connectivity index (χ1) is 10.7. The van der Waals surface area contributed by atoms with Crippen molar-refractivity contribution in [3.63, 3.8) is 0 Å². The molecule has 3 rings (SSSR count). The number of thiophene rings is 1. The SMILES string of the molecule is CCC(NCc1nnc(-c2cccs2)o1)c1c(C)noc1C. The molecule has 0 radical (unpaired) electrons. The van der Waals surface area contributed by atoms with Gasteiger partial charge in [0.25, 0.3) is 5.89 Å². The van der Waals surface area contributed by atoms with E-state index in [0.29, 0.717) is 18.3 Å². The second-order valence-corrected chi connectivity index (χ2v) is 6.01. The molecule has 0 amide bonds. The Labute approximate surface area is 132 Å². The molecule has 1 N–H and O–H groups in total. The van der Waals surface area contributed by atoms with Crippen molar-refractivity contribution in [3.05, 3.63) is 40.4 Å². The molecular weight excluding hydrogens is 300 g/mol. The lowest BCUT2D eigenvalue weighted by atomic mass is 10.0. The zero-order valence-electron chi connectivity index (χ0n) is 12.8. The zero-order chi connectivity index (χ0) is 15.5. The van der Waals surface area contributed by atoms with Crippen LogP contribution in [0.15, 0.2) is 26.5 Å². The molecule has 3 aromatic heterocycles. The molecule has 3 aromatic rings. The van der Waals surface area contributed by atoms with Crippen LogP contribution in [0.5, 0.6) is 0 Å². The van der Waals surface area contributed by atoms with Gasteiger partial charge in [0, 0.05) is 11.6 Å². The molecule has 3 heterocycles. The van der Waals surface area contributed by atoms with Crippen molar-refractivity contribution in [2.45, 2.75) is 39.8 Å². The highest BCUT2D eigenvalue weighted by atomic mass is 32.1. The fourth-order valence-corrected chi connectivity index (χ4v) is 3.12. The lowest BCUT2D eigenvalue weighted by Crippen LogP contribution is -2.21. The first kappa shape index (κ1) is 14.9. The van der Waals surface area contributed by atoms with Gasteiger partial charge in [-0.05, 0) is 31.7 Å². The van der Waals surface area contributed by atoms with Gasteiger partial charge in [0.05, 0.1) is 17.1 Å². The van der Waals surface area contributed by atoms with Crippen molar-refractivity contribution in [2.75, 3.05) is 0 Å². The molecule has 1 unspecified atom stereocenters. The standard InChI is InChI=1S/C15H18N4O2S/c1-4-11(14-9(2)19-21-10(14)3)16-8-13-17-18-15(20-13)12-6-5-7-22-12/h5-7,11,16H,4,8H2,1-3H3. The Morgan fingerprint density at radius 2 is 2.18 bits per heavy atom. The Bertz CT molecular complexity index is 713. The highest BCUT2D eigenvalue weighted by molar-refractivity contribution is 7.13. The fraction of sp³-hybridized carbons (Fsp3) is 0.400. The lowest BCUT2D eigenvalue weighted by Gasteiger charge is -2.15. The summed E-state index contributed by atoms with van der Waals surface area (Å²) in [7, 11) is 0. The third-order valence-electron chi connectivity index (χ3n) is 3.54. The van der Waals surface area contributed by atoms with Gasteiger partial charge in [-0.3, -0.25) is 0 Å².